The van der Waals surface area contributed by atoms with Gasteiger partial charge < -0.3 is 20.3 Å². The van der Waals surface area contributed by atoms with Crippen molar-refractivity contribution in [2.24, 2.45) is 0 Å². The van der Waals surface area contributed by atoms with Crippen molar-refractivity contribution in [1.29, 1.82) is 0 Å². The van der Waals surface area contributed by atoms with E-state index in [9.17, 15) is 19.8 Å². The molecule has 0 bridgehead atoms. The molecule has 0 saturated heterocycles. The summed E-state index contributed by atoms with van der Waals surface area (Å²) in [5.74, 6) is -0.0443. The Labute approximate surface area is 525 Å². The Morgan fingerprint density at radius 2 is 0.595 bits per heavy atom. The number of carbonyl (C=O) groups is 2. The first kappa shape index (κ1) is 82.1. The van der Waals surface area contributed by atoms with Crippen molar-refractivity contribution in [2.45, 2.75) is 437 Å². The van der Waals surface area contributed by atoms with Crippen molar-refractivity contribution in [3.8, 4) is 0 Å². The van der Waals surface area contributed by atoms with Crippen LogP contribution in [0.15, 0.2) is 36.5 Å². The molecule has 84 heavy (non-hydrogen) atoms. The smallest absolute Gasteiger partial charge is 0.305 e. The summed E-state index contributed by atoms with van der Waals surface area (Å²) < 4.78 is 5.51. The predicted molar refractivity (Wildman–Crippen MR) is 370 cm³/mol. The molecule has 0 saturated carbocycles. The summed E-state index contributed by atoms with van der Waals surface area (Å²) in [5, 5.41) is 23.2. The van der Waals surface area contributed by atoms with Crippen LogP contribution in [0.1, 0.15) is 425 Å². The van der Waals surface area contributed by atoms with E-state index in [-0.39, 0.29) is 18.5 Å². The molecule has 0 heterocycles. The highest BCUT2D eigenvalue weighted by Gasteiger charge is 2.18. The molecule has 1 amide bonds. The molecule has 2 atom stereocenters. The van der Waals surface area contributed by atoms with E-state index in [4.69, 9.17) is 4.74 Å². The van der Waals surface area contributed by atoms with Crippen molar-refractivity contribution in [2.75, 3.05) is 13.2 Å². The molecule has 0 radical (unpaired) electrons. The highest BCUT2D eigenvalue weighted by molar-refractivity contribution is 5.76. The fraction of sp³-hybridized carbons (Fsp3) is 0.897. The van der Waals surface area contributed by atoms with E-state index in [0.29, 0.717) is 19.4 Å². The molecule has 0 aromatic rings. The molecule has 0 aromatic carbocycles. The summed E-state index contributed by atoms with van der Waals surface area (Å²) in [6.07, 6.45) is 95.4. The number of hydrogen-bond donors (Lipinski definition) is 3. The maximum absolute atomic E-state index is 12.5. The quantitative estimate of drug-likeness (QED) is 0.0320. The first-order valence-corrected chi connectivity index (χ1v) is 38.3. The molecule has 2 unspecified atom stereocenters. The number of hydrogen-bond acceptors (Lipinski definition) is 5. The lowest BCUT2D eigenvalue weighted by Gasteiger charge is -2.20. The molecule has 0 rings (SSSR count). The van der Waals surface area contributed by atoms with E-state index >= 15 is 0 Å². The van der Waals surface area contributed by atoms with Gasteiger partial charge in [-0.3, -0.25) is 9.59 Å². The van der Waals surface area contributed by atoms with Crippen LogP contribution in [-0.4, -0.2) is 47.4 Å². The Kier molecular flexibility index (Phi) is 71.9. The summed E-state index contributed by atoms with van der Waals surface area (Å²) in [6, 6.07) is -0.627. The van der Waals surface area contributed by atoms with Gasteiger partial charge in [-0.15, -0.1) is 0 Å². The summed E-state index contributed by atoms with van der Waals surface area (Å²) in [7, 11) is 0. The zero-order valence-corrected chi connectivity index (χ0v) is 56.9. The van der Waals surface area contributed by atoms with Crippen LogP contribution >= 0.6 is 0 Å². The van der Waals surface area contributed by atoms with Gasteiger partial charge in [0.25, 0.3) is 0 Å². The lowest BCUT2D eigenvalue weighted by Crippen LogP contribution is -2.45. The van der Waals surface area contributed by atoms with Crippen LogP contribution in [0.3, 0.4) is 0 Å². The van der Waals surface area contributed by atoms with Gasteiger partial charge in [-0.25, -0.2) is 0 Å². The zero-order valence-electron chi connectivity index (χ0n) is 56.9. The predicted octanol–water partition coefficient (Wildman–Crippen LogP) is 25.0. The van der Waals surface area contributed by atoms with Gasteiger partial charge in [0.2, 0.25) is 5.91 Å². The van der Waals surface area contributed by atoms with Crippen molar-refractivity contribution >= 4 is 11.9 Å². The molecule has 0 spiro atoms. The van der Waals surface area contributed by atoms with Gasteiger partial charge in [0.05, 0.1) is 25.4 Å². The summed E-state index contributed by atoms with van der Waals surface area (Å²) in [6.45, 7) is 4.94. The Hall–Kier alpha value is -1.92. The third-order valence-electron chi connectivity index (χ3n) is 17.9. The Bertz CT molecular complexity index is 1360. The van der Waals surface area contributed by atoms with Crippen molar-refractivity contribution in [3.05, 3.63) is 36.5 Å². The largest absolute Gasteiger partial charge is 0.466 e. The van der Waals surface area contributed by atoms with E-state index in [2.05, 4.69) is 43.5 Å². The maximum atomic E-state index is 12.5. The zero-order chi connectivity index (χ0) is 60.6. The Morgan fingerprint density at radius 3 is 0.905 bits per heavy atom. The summed E-state index contributed by atoms with van der Waals surface area (Å²) in [5.41, 5.74) is 0. The molecule has 0 fully saturated rings. The molecular formula is C78H149NO5. The average Bonchev–Trinajstić information content (AvgIpc) is 3.53. The Morgan fingerprint density at radius 1 is 0.333 bits per heavy atom. The van der Waals surface area contributed by atoms with Gasteiger partial charge >= 0.3 is 5.97 Å². The van der Waals surface area contributed by atoms with Crippen LogP contribution in [0.2, 0.25) is 0 Å². The number of rotatable bonds is 72. The monoisotopic (exact) mass is 1180 g/mol. The highest BCUT2D eigenvalue weighted by atomic mass is 16.5. The molecule has 496 valence electrons. The van der Waals surface area contributed by atoms with Crippen LogP contribution in [0.5, 0.6) is 0 Å². The maximum Gasteiger partial charge on any atom is 0.305 e. The molecule has 0 aliphatic carbocycles. The van der Waals surface area contributed by atoms with Crippen LogP contribution in [-0.2, 0) is 14.3 Å². The van der Waals surface area contributed by atoms with Gasteiger partial charge in [-0.2, -0.15) is 0 Å². The van der Waals surface area contributed by atoms with Crippen LogP contribution in [0.4, 0.5) is 0 Å². The molecule has 3 N–H and O–H groups in total. The fourth-order valence-corrected chi connectivity index (χ4v) is 12.1. The Balaban J connectivity index is 3.38. The number of aliphatic hydroxyl groups is 2. The third-order valence-corrected chi connectivity index (χ3v) is 17.9. The van der Waals surface area contributed by atoms with Gasteiger partial charge in [0, 0.05) is 12.8 Å². The number of amides is 1. The second-order valence-corrected chi connectivity index (χ2v) is 26.3. The number of unbranched alkanes of at least 4 members (excludes halogenated alkanes) is 57. The van der Waals surface area contributed by atoms with E-state index < -0.39 is 12.1 Å². The fourth-order valence-electron chi connectivity index (χ4n) is 12.1. The molecule has 0 aromatic heterocycles. The first-order chi connectivity index (χ1) is 41.5. The van der Waals surface area contributed by atoms with E-state index in [1.54, 1.807) is 6.08 Å². The number of nitrogens with one attached hydrogen (secondary N) is 1. The number of ether oxygens (including phenoxy) is 1. The minimum absolute atomic E-state index is 0.0190. The average molecular weight is 1180 g/mol. The molecule has 0 aliphatic rings. The van der Waals surface area contributed by atoms with E-state index in [1.165, 1.54) is 353 Å². The highest BCUT2D eigenvalue weighted by Crippen LogP contribution is 2.19. The third kappa shape index (κ3) is 69.2. The number of esters is 1. The number of aliphatic hydroxyl groups excluding tert-OH is 2. The topological polar surface area (TPSA) is 95.9 Å². The van der Waals surface area contributed by atoms with Crippen LogP contribution in [0.25, 0.3) is 0 Å². The lowest BCUT2D eigenvalue weighted by atomic mass is 10.0. The minimum atomic E-state index is -0.843. The standard InChI is InChI=1S/C78H149NO5/c1-3-5-7-9-11-13-15-17-19-21-40-44-48-52-56-60-64-68-72-78(83)84-73-69-65-61-57-53-49-45-41-38-36-34-32-30-28-26-24-22-23-25-27-29-31-33-35-37-39-43-47-51-55-59-63-67-71-77(82)79-75(74-80)76(81)70-66-62-58-54-50-46-42-20-18-16-14-12-10-8-6-4-2/h26,28,32,34,66,70,75-76,80-81H,3-25,27,29-31,33,35-65,67-69,71-74H2,1-2H3,(H,79,82)/b28-26-,34-32-,70-66+. The second kappa shape index (κ2) is 73.5. The van der Waals surface area contributed by atoms with Crippen molar-refractivity contribution in [3.63, 3.8) is 0 Å². The van der Waals surface area contributed by atoms with Gasteiger partial charge in [0.1, 0.15) is 0 Å². The molecule has 6 heteroatoms. The van der Waals surface area contributed by atoms with Gasteiger partial charge in [-0.05, 0) is 64.2 Å². The van der Waals surface area contributed by atoms with Crippen molar-refractivity contribution < 1.29 is 24.5 Å². The molecule has 6 nitrogen and oxygen atoms in total. The number of carbonyl (C=O) groups excluding carboxylic acids is 2. The lowest BCUT2D eigenvalue weighted by molar-refractivity contribution is -0.143. The normalized spacial score (nSPS) is 12.7. The summed E-state index contributed by atoms with van der Waals surface area (Å²) >= 11 is 0. The van der Waals surface area contributed by atoms with E-state index in [1.807, 2.05) is 6.08 Å². The molecular weight excluding hydrogens is 1030 g/mol. The van der Waals surface area contributed by atoms with E-state index in [0.717, 1.165) is 44.9 Å². The van der Waals surface area contributed by atoms with Crippen LogP contribution in [0, 0.1) is 0 Å². The van der Waals surface area contributed by atoms with Gasteiger partial charge in [0.15, 0.2) is 0 Å². The number of allylic oxidation sites excluding steroid dienone is 5. The SMILES string of the molecule is CCCCCCCCCCCCCCCC/C=C/C(O)C(CO)NC(=O)CCCCCCCCCCCCCCCCCCC/C=C\C/C=C\CCCCCCCCCCCOC(=O)CCCCCCCCCCCCCCCCCCCC. The first-order valence-electron chi connectivity index (χ1n) is 38.3. The minimum Gasteiger partial charge on any atom is -0.466 e. The summed E-state index contributed by atoms with van der Waals surface area (Å²) in [4.78, 5) is 24.6. The molecule has 0 aliphatic heterocycles. The second-order valence-electron chi connectivity index (χ2n) is 26.3. The van der Waals surface area contributed by atoms with Crippen molar-refractivity contribution in [1.82, 2.24) is 5.32 Å². The van der Waals surface area contributed by atoms with Gasteiger partial charge in [-0.1, -0.05) is 384 Å². The van der Waals surface area contributed by atoms with Crippen LogP contribution < -0.4 is 5.32 Å².